The van der Waals surface area contributed by atoms with Crippen LogP contribution >= 0.6 is 0 Å². The molecule has 0 aromatic rings. The Labute approximate surface area is 320 Å². The van der Waals surface area contributed by atoms with Crippen LogP contribution in [0.2, 0.25) is 0 Å². The van der Waals surface area contributed by atoms with E-state index >= 15 is 0 Å². The fourth-order valence-electron chi connectivity index (χ4n) is 1.63. The summed E-state index contributed by atoms with van der Waals surface area (Å²) in [4.78, 5) is 117. The summed E-state index contributed by atoms with van der Waals surface area (Å²) in [5.74, 6) is -16.7. The van der Waals surface area contributed by atoms with Gasteiger partial charge in [-0.25, -0.2) is 0 Å². The molecule has 0 saturated carbocycles. The number of carboxylic acid groups (broad SMARTS) is 12. The number of hydrogen-bond acceptors (Lipinski definition) is 24. The number of nitrogens with two attached hydrogens (primary N) is 6. The molecule has 0 radical (unpaired) electrons. The molecule has 31 heteroatoms. The van der Waals surface area contributed by atoms with E-state index in [4.69, 9.17) is 65.0 Å². The average Bonchev–Trinajstić information content (AvgIpc) is 2.96. The van der Waals surface area contributed by atoms with E-state index in [0.29, 0.717) is 0 Å². The van der Waals surface area contributed by atoms with Crippen molar-refractivity contribution in [1.29, 1.82) is 0 Å². The molecule has 0 saturated heterocycles. The molecule has 0 spiro atoms. The normalized spacial score (nSPS) is 12.3. The predicted molar refractivity (Wildman–Crippen MR) is 151 cm³/mol. The van der Waals surface area contributed by atoms with E-state index < -0.39 is 146 Å². The van der Waals surface area contributed by atoms with Crippen molar-refractivity contribution in [3.05, 3.63) is 0 Å². The number of rotatable bonds is 18. The number of carbonyl (C=O) groups excluding carboxylic acids is 6. The minimum absolute atomic E-state index is 0. The monoisotopic (exact) mass is 890 g/mol. The maximum absolute atomic E-state index is 9.74. The Bertz CT molecular complexity index is 1050. The molecule has 18 N–H and O–H groups in total. The number of hydrogen-bond donors (Lipinski definition) is 12. The standard InChI is InChI=1S/6C4H7NO4.Mo/c6*5-2(4(8)9)1-3(6)7;/h6*2H,1,5H2,(H,6,7)(H,8,9);/p-6/t6*2-;/m000000./s1. The first kappa shape index (κ1) is 64.1. The van der Waals surface area contributed by atoms with Crippen LogP contribution in [0.25, 0.3) is 0 Å². The van der Waals surface area contributed by atoms with Crippen molar-refractivity contribution >= 4 is 71.6 Å². The van der Waals surface area contributed by atoms with Gasteiger partial charge in [-0.2, -0.15) is 0 Å². The Morgan fingerprint density at radius 3 is 0.382 bits per heavy atom. The first-order valence-corrected chi connectivity index (χ1v) is 13.3. The Hall–Kier alpha value is -5.91. The van der Waals surface area contributed by atoms with Crippen molar-refractivity contribution in [2.45, 2.75) is 74.8 Å². The molecule has 0 aliphatic heterocycles. The SMILES string of the molecule is N[C@@H](CC(=O)O)C(=O)[O-].N[C@@H](CC(=O)O)C(=O)[O-].N[C@@H](CC(=O)O)C(=O)[O-].N[C@@H](CC(=O)O)C(=O)[O-].N[C@@H](CC(=O)O)C(=O)[O-].N[C@@H](CC(=O)O)C(=O)[O-].[Mo]. The fourth-order valence-corrected chi connectivity index (χ4v) is 1.63. The quantitative estimate of drug-likeness (QED) is 0.0569. The first-order chi connectivity index (χ1) is 24.2. The molecule has 0 rings (SSSR count). The third-order valence-corrected chi connectivity index (χ3v) is 4.18. The molecule has 318 valence electrons. The fraction of sp³-hybridized carbons (Fsp3) is 0.500. The van der Waals surface area contributed by atoms with Crippen LogP contribution in [0.5, 0.6) is 0 Å². The summed E-state index contributed by atoms with van der Waals surface area (Å²) in [5, 5.41) is 106. The summed E-state index contributed by atoms with van der Waals surface area (Å²) in [5.41, 5.74) is 28.6. The summed E-state index contributed by atoms with van der Waals surface area (Å²) in [6.45, 7) is 0. The molecule has 0 aliphatic carbocycles. The van der Waals surface area contributed by atoms with Crippen LogP contribution < -0.4 is 65.0 Å². The Balaban J connectivity index is -0.000000100. The molecule has 0 fully saturated rings. The van der Waals surface area contributed by atoms with E-state index in [1.165, 1.54) is 0 Å². The Morgan fingerprint density at radius 2 is 0.364 bits per heavy atom. The molecule has 0 heterocycles. The van der Waals surface area contributed by atoms with Gasteiger partial charge < -0.3 is 124 Å². The predicted octanol–water partition coefficient (Wildman–Crippen LogP) is -14.8. The molecule has 0 aliphatic rings. The van der Waals surface area contributed by atoms with Gasteiger partial charge in [0.15, 0.2) is 0 Å². The van der Waals surface area contributed by atoms with Gasteiger partial charge in [-0.05, 0) is 0 Å². The molecule has 30 nitrogen and oxygen atoms in total. The minimum atomic E-state index is -1.54. The summed E-state index contributed by atoms with van der Waals surface area (Å²) in [7, 11) is 0. The average molecular weight is 889 g/mol. The Morgan fingerprint density at radius 1 is 0.291 bits per heavy atom. The van der Waals surface area contributed by atoms with Crippen molar-refractivity contribution in [1.82, 2.24) is 0 Å². The van der Waals surface area contributed by atoms with Crippen LogP contribution in [0.3, 0.4) is 0 Å². The van der Waals surface area contributed by atoms with E-state index in [9.17, 15) is 88.2 Å². The summed E-state index contributed by atoms with van der Waals surface area (Å²) in [6.07, 6.45) is -3.57. The largest absolute Gasteiger partial charge is 0.548 e. The van der Waals surface area contributed by atoms with E-state index in [0.717, 1.165) is 0 Å². The molecule has 0 amide bonds. The van der Waals surface area contributed by atoms with Gasteiger partial charge in [-0.1, -0.05) is 0 Å². The summed E-state index contributed by atoms with van der Waals surface area (Å²) < 4.78 is 0. The number of carboxylic acids is 12. The second-order valence-electron chi connectivity index (χ2n) is 9.14. The van der Waals surface area contributed by atoms with Gasteiger partial charge in [0.1, 0.15) is 0 Å². The zero-order valence-electron chi connectivity index (χ0n) is 27.6. The molecule has 0 aromatic heterocycles. The van der Waals surface area contributed by atoms with Gasteiger partial charge in [0.25, 0.3) is 0 Å². The van der Waals surface area contributed by atoms with Gasteiger partial charge in [0.05, 0.1) is 111 Å². The van der Waals surface area contributed by atoms with Gasteiger partial charge in [0, 0.05) is 21.1 Å². The van der Waals surface area contributed by atoms with Gasteiger partial charge >= 0.3 is 35.8 Å². The molecular weight excluding hydrogens is 852 g/mol. The van der Waals surface area contributed by atoms with Crippen LogP contribution in [0, 0.1) is 0 Å². The van der Waals surface area contributed by atoms with Crippen LogP contribution in [-0.4, -0.2) is 139 Å². The van der Waals surface area contributed by atoms with Gasteiger partial charge in [0.2, 0.25) is 0 Å². The van der Waals surface area contributed by atoms with Crippen LogP contribution in [0.4, 0.5) is 0 Å². The van der Waals surface area contributed by atoms with Gasteiger partial charge in [-0.15, -0.1) is 0 Å². The summed E-state index contributed by atoms with van der Waals surface area (Å²) >= 11 is 0. The minimum Gasteiger partial charge on any atom is -0.548 e. The van der Waals surface area contributed by atoms with E-state index in [1.54, 1.807) is 0 Å². The van der Waals surface area contributed by atoms with Crippen LogP contribution in [0.15, 0.2) is 0 Å². The van der Waals surface area contributed by atoms with Crippen molar-refractivity contribution < 1.29 is 140 Å². The van der Waals surface area contributed by atoms with Crippen molar-refractivity contribution in [3.8, 4) is 0 Å². The van der Waals surface area contributed by atoms with Crippen molar-refractivity contribution in [2.24, 2.45) is 34.4 Å². The third kappa shape index (κ3) is 57.7. The smallest absolute Gasteiger partial charge is 0.305 e. The molecule has 0 bridgehead atoms. The van der Waals surface area contributed by atoms with Crippen molar-refractivity contribution in [3.63, 3.8) is 0 Å². The van der Waals surface area contributed by atoms with E-state index in [1.807, 2.05) is 0 Å². The van der Waals surface area contributed by atoms with E-state index in [2.05, 4.69) is 0 Å². The maximum atomic E-state index is 9.74. The summed E-state index contributed by atoms with van der Waals surface area (Å²) in [6, 6.07) is -8.40. The third-order valence-electron chi connectivity index (χ3n) is 4.18. The molecule has 0 aromatic carbocycles. The molecule has 55 heavy (non-hydrogen) atoms. The number of carbonyl (C=O) groups is 12. The number of aliphatic carboxylic acids is 12. The maximum Gasteiger partial charge on any atom is 0.305 e. The van der Waals surface area contributed by atoms with Crippen LogP contribution in [-0.2, 0) is 78.6 Å². The van der Waals surface area contributed by atoms with Gasteiger partial charge in [-0.3, -0.25) is 28.8 Å². The molecule has 0 unspecified atom stereocenters. The zero-order chi connectivity index (χ0) is 44.6. The second kappa shape index (κ2) is 36.4. The zero-order valence-corrected chi connectivity index (χ0v) is 29.6. The molecule has 6 atom stereocenters. The molecular formula is C24H36MoN6O24-6. The van der Waals surface area contributed by atoms with Crippen molar-refractivity contribution in [2.75, 3.05) is 0 Å². The Kier molecular flexibility index (Phi) is 42.5. The topological polar surface area (TPSA) is 621 Å². The first-order valence-electron chi connectivity index (χ1n) is 13.3. The second-order valence-corrected chi connectivity index (χ2v) is 9.14. The van der Waals surface area contributed by atoms with E-state index in [-0.39, 0.29) is 21.1 Å². The van der Waals surface area contributed by atoms with Crippen LogP contribution in [0.1, 0.15) is 38.5 Å².